The van der Waals surface area contributed by atoms with Crippen molar-refractivity contribution in [3.8, 4) is 6.07 Å². The van der Waals surface area contributed by atoms with Gasteiger partial charge in [0.15, 0.2) is 0 Å². The lowest BCUT2D eigenvalue weighted by molar-refractivity contribution is 0.0410. The zero-order chi connectivity index (χ0) is 12.1. The minimum atomic E-state index is -0.831. The molecule has 0 N–H and O–H groups in total. The molecule has 0 spiro atoms. The fraction of sp³-hybridized carbons (Fsp3) is 0.0769. The van der Waals surface area contributed by atoms with Gasteiger partial charge in [-0.2, -0.15) is 5.26 Å². The predicted molar refractivity (Wildman–Crippen MR) is 64.5 cm³/mol. The zero-order valence-corrected chi connectivity index (χ0v) is 9.68. The van der Waals surface area contributed by atoms with Crippen LogP contribution in [0.4, 0.5) is 0 Å². The summed E-state index contributed by atoms with van der Waals surface area (Å²) in [5.41, 5.74) is 0.448. The van der Waals surface area contributed by atoms with Crippen LogP contribution in [-0.4, -0.2) is 5.97 Å². The van der Waals surface area contributed by atoms with Crippen LogP contribution in [0.3, 0.4) is 0 Å². The van der Waals surface area contributed by atoms with E-state index in [-0.39, 0.29) is 0 Å². The highest BCUT2D eigenvalue weighted by molar-refractivity contribution is 7.10. The first-order chi connectivity index (χ1) is 8.31. The van der Waals surface area contributed by atoms with E-state index < -0.39 is 12.1 Å². The van der Waals surface area contributed by atoms with E-state index in [2.05, 4.69) is 0 Å². The van der Waals surface area contributed by atoms with Crippen LogP contribution in [0.5, 0.6) is 0 Å². The van der Waals surface area contributed by atoms with E-state index in [4.69, 9.17) is 10.00 Å². The molecule has 0 fully saturated rings. The molecule has 17 heavy (non-hydrogen) atoms. The Bertz CT molecular complexity index is 528. The van der Waals surface area contributed by atoms with Crippen LogP contribution in [-0.2, 0) is 4.74 Å². The summed E-state index contributed by atoms with van der Waals surface area (Å²) >= 11 is 1.39. The molecule has 1 aromatic heterocycles. The maximum atomic E-state index is 11.7. The van der Waals surface area contributed by atoms with Gasteiger partial charge in [-0.15, -0.1) is 11.3 Å². The predicted octanol–water partition coefficient (Wildman–Crippen LogP) is 3.17. The molecule has 0 aliphatic carbocycles. The van der Waals surface area contributed by atoms with Crippen molar-refractivity contribution in [1.29, 1.82) is 5.26 Å². The molecular formula is C13H9NO2S. The third-order valence-electron chi connectivity index (χ3n) is 2.15. The Balaban J connectivity index is 2.11. The molecule has 84 valence electrons. The van der Waals surface area contributed by atoms with Crippen molar-refractivity contribution in [3.05, 3.63) is 58.3 Å². The standard InChI is InChI=1S/C13H9NO2S/c14-9-11(12-7-4-8-17-12)16-13(15)10-5-2-1-3-6-10/h1-8,11H. The van der Waals surface area contributed by atoms with Crippen molar-refractivity contribution < 1.29 is 9.53 Å². The molecule has 3 nitrogen and oxygen atoms in total. The largest absolute Gasteiger partial charge is 0.437 e. The van der Waals surface area contributed by atoms with Crippen LogP contribution in [0.25, 0.3) is 0 Å². The molecular weight excluding hydrogens is 234 g/mol. The van der Waals surface area contributed by atoms with Crippen LogP contribution >= 0.6 is 11.3 Å². The molecule has 2 aromatic rings. The number of hydrogen-bond acceptors (Lipinski definition) is 4. The van der Waals surface area contributed by atoms with Gasteiger partial charge in [0.05, 0.1) is 10.4 Å². The second kappa shape index (κ2) is 5.28. The van der Waals surface area contributed by atoms with Crippen molar-refractivity contribution in [2.45, 2.75) is 6.10 Å². The minimum absolute atomic E-state index is 0.448. The van der Waals surface area contributed by atoms with E-state index in [9.17, 15) is 4.79 Å². The number of ether oxygens (including phenoxy) is 1. The number of nitriles is 1. The second-order valence-corrected chi connectivity index (χ2v) is 4.28. The molecule has 0 aliphatic heterocycles. The maximum absolute atomic E-state index is 11.7. The van der Waals surface area contributed by atoms with Crippen LogP contribution in [0, 0.1) is 11.3 Å². The lowest BCUT2D eigenvalue weighted by Crippen LogP contribution is -2.09. The lowest BCUT2D eigenvalue weighted by Gasteiger charge is -2.08. The van der Waals surface area contributed by atoms with Gasteiger partial charge in [-0.3, -0.25) is 0 Å². The van der Waals surface area contributed by atoms with Gasteiger partial charge in [0, 0.05) is 0 Å². The topological polar surface area (TPSA) is 50.1 Å². The lowest BCUT2D eigenvalue weighted by atomic mass is 10.2. The van der Waals surface area contributed by atoms with Gasteiger partial charge in [-0.05, 0) is 23.6 Å². The fourth-order valence-electron chi connectivity index (χ4n) is 1.34. The van der Waals surface area contributed by atoms with E-state index in [1.165, 1.54) is 11.3 Å². The average molecular weight is 243 g/mol. The summed E-state index contributed by atoms with van der Waals surface area (Å²) in [6.45, 7) is 0. The fourth-order valence-corrected chi connectivity index (χ4v) is 2.03. The molecule has 1 unspecified atom stereocenters. The number of thiophene rings is 1. The van der Waals surface area contributed by atoms with Crippen LogP contribution in [0.2, 0.25) is 0 Å². The first-order valence-electron chi connectivity index (χ1n) is 5.00. The summed E-state index contributed by atoms with van der Waals surface area (Å²) in [6, 6.07) is 14.2. The quantitative estimate of drug-likeness (QED) is 0.778. The van der Waals surface area contributed by atoms with Crippen LogP contribution in [0.1, 0.15) is 21.3 Å². The van der Waals surface area contributed by atoms with Crippen molar-refractivity contribution in [2.24, 2.45) is 0 Å². The normalized spacial score (nSPS) is 11.5. The van der Waals surface area contributed by atoms with Crippen molar-refractivity contribution in [2.75, 3.05) is 0 Å². The molecule has 0 saturated heterocycles. The molecule has 0 aliphatic rings. The number of rotatable bonds is 3. The highest BCUT2D eigenvalue weighted by Gasteiger charge is 2.17. The summed E-state index contributed by atoms with van der Waals surface area (Å²) < 4.78 is 5.14. The summed E-state index contributed by atoms with van der Waals surface area (Å²) in [4.78, 5) is 12.5. The van der Waals surface area contributed by atoms with E-state index in [0.717, 1.165) is 4.88 Å². The third-order valence-corrected chi connectivity index (χ3v) is 3.07. The Hall–Kier alpha value is -2.12. The summed E-state index contributed by atoms with van der Waals surface area (Å²) in [6.07, 6.45) is -0.831. The van der Waals surface area contributed by atoms with E-state index in [1.54, 1.807) is 30.3 Å². The van der Waals surface area contributed by atoms with Crippen molar-refractivity contribution in [1.82, 2.24) is 0 Å². The summed E-state index contributed by atoms with van der Waals surface area (Å²) in [5, 5.41) is 10.8. The van der Waals surface area contributed by atoms with Gasteiger partial charge in [0.1, 0.15) is 6.07 Å². The number of benzene rings is 1. The number of esters is 1. The molecule has 1 heterocycles. The molecule has 1 atom stereocenters. The molecule has 1 aromatic carbocycles. The van der Waals surface area contributed by atoms with E-state index in [0.29, 0.717) is 5.56 Å². The van der Waals surface area contributed by atoms with Gasteiger partial charge in [-0.1, -0.05) is 24.3 Å². The monoisotopic (exact) mass is 243 g/mol. The number of hydrogen-bond donors (Lipinski definition) is 0. The molecule has 0 radical (unpaired) electrons. The van der Waals surface area contributed by atoms with Gasteiger partial charge >= 0.3 is 5.97 Å². The summed E-state index contributed by atoms with van der Waals surface area (Å²) in [5.74, 6) is -0.481. The van der Waals surface area contributed by atoms with E-state index >= 15 is 0 Å². The number of nitrogens with zero attached hydrogens (tertiary/aromatic N) is 1. The first-order valence-corrected chi connectivity index (χ1v) is 5.88. The highest BCUT2D eigenvalue weighted by atomic mass is 32.1. The average Bonchev–Trinajstić information content (AvgIpc) is 2.90. The Morgan fingerprint density at radius 3 is 2.59 bits per heavy atom. The van der Waals surface area contributed by atoms with Crippen molar-refractivity contribution >= 4 is 17.3 Å². The van der Waals surface area contributed by atoms with Gasteiger partial charge in [-0.25, -0.2) is 4.79 Å². The smallest absolute Gasteiger partial charge is 0.339 e. The Labute approximate surface area is 103 Å². The first kappa shape index (κ1) is 11.4. The summed E-state index contributed by atoms with van der Waals surface area (Å²) in [7, 11) is 0. The number of carbonyl (C=O) groups excluding carboxylic acids is 1. The van der Waals surface area contributed by atoms with Gasteiger partial charge in [0.25, 0.3) is 0 Å². The van der Waals surface area contributed by atoms with Crippen LogP contribution < -0.4 is 0 Å². The Morgan fingerprint density at radius 2 is 2.00 bits per heavy atom. The van der Waals surface area contributed by atoms with Gasteiger partial charge in [0.2, 0.25) is 6.10 Å². The number of carbonyl (C=O) groups is 1. The van der Waals surface area contributed by atoms with Gasteiger partial charge < -0.3 is 4.74 Å². The molecule has 4 heteroatoms. The molecule has 0 amide bonds. The maximum Gasteiger partial charge on any atom is 0.339 e. The zero-order valence-electron chi connectivity index (χ0n) is 8.87. The van der Waals surface area contributed by atoms with Crippen LogP contribution in [0.15, 0.2) is 47.8 Å². The Kier molecular flexibility index (Phi) is 3.53. The Morgan fingerprint density at radius 1 is 1.24 bits per heavy atom. The highest BCUT2D eigenvalue weighted by Crippen LogP contribution is 2.22. The second-order valence-electron chi connectivity index (χ2n) is 3.30. The third kappa shape index (κ3) is 2.71. The minimum Gasteiger partial charge on any atom is -0.437 e. The van der Waals surface area contributed by atoms with E-state index in [1.807, 2.05) is 23.6 Å². The molecule has 2 rings (SSSR count). The van der Waals surface area contributed by atoms with Crippen molar-refractivity contribution in [3.63, 3.8) is 0 Å². The SMILES string of the molecule is N#CC(OC(=O)c1ccccc1)c1cccs1. The molecule has 0 bridgehead atoms. The molecule has 0 saturated carbocycles.